The van der Waals surface area contributed by atoms with Gasteiger partial charge in [-0.2, -0.15) is 18.3 Å². The molecule has 0 fully saturated rings. The van der Waals surface area contributed by atoms with E-state index in [1.54, 1.807) is 0 Å². The molecule has 1 heterocycles. The molecule has 0 amide bonds. The monoisotopic (exact) mass is 415 g/mol. The molecule has 148 valence electrons. The summed E-state index contributed by atoms with van der Waals surface area (Å²) < 4.78 is 82.6. The summed E-state index contributed by atoms with van der Waals surface area (Å²) in [5.74, 6) is -0.929. The second kappa shape index (κ2) is 6.91. The van der Waals surface area contributed by atoms with Crippen molar-refractivity contribution in [1.82, 2.24) is 9.78 Å². The number of nitrogens with two attached hydrogens (primary N) is 1. The minimum Gasteiger partial charge on any atom is -0.494 e. The van der Waals surface area contributed by atoms with E-state index in [0.29, 0.717) is 0 Å². The number of ether oxygens (including phenoxy) is 1. The Morgan fingerprint density at radius 2 is 1.75 bits per heavy atom. The number of sulfonamides is 1. The molecule has 0 unspecified atom stereocenters. The summed E-state index contributed by atoms with van der Waals surface area (Å²) >= 11 is 0. The van der Waals surface area contributed by atoms with Gasteiger partial charge >= 0.3 is 6.18 Å². The lowest BCUT2D eigenvalue weighted by molar-refractivity contribution is -0.140. The van der Waals surface area contributed by atoms with Crippen LogP contribution in [0.3, 0.4) is 0 Å². The number of rotatable bonds is 4. The maximum absolute atomic E-state index is 13.9. The smallest absolute Gasteiger partial charge is 0.435 e. The van der Waals surface area contributed by atoms with Crippen LogP contribution in [0, 0.1) is 5.82 Å². The van der Waals surface area contributed by atoms with Gasteiger partial charge in [-0.3, -0.25) is 0 Å². The predicted molar refractivity (Wildman–Crippen MR) is 91.9 cm³/mol. The van der Waals surface area contributed by atoms with Crippen LogP contribution in [0.2, 0.25) is 0 Å². The summed E-state index contributed by atoms with van der Waals surface area (Å²) in [5.41, 5.74) is -1.44. The van der Waals surface area contributed by atoms with Gasteiger partial charge in [0.1, 0.15) is 0 Å². The van der Waals surface area contributed by atoms with E-state index in [1.165, 1.54) is 31.4 Å². The van der Waals surface area contributed by atoms with E-state index in [2.05, 4.69) is 5.10 Å². The summed E-state index contributed by atoms with van der Waals surface area (Å²) in [7, 11) is -2.71. The first-order valence-corrected chi connectivity index (χ1v) is 9.19. The van der Waals surface area contributed by atoms with Gasteiger partial charge < -0.3 is 4.74 Å². The second-order valence-electron chi connectivity index (χ2n) is 5.72. The van der Waals surface area contributed by atoms with E-state index in [0.717, 1.165) is 29.1 Å². The van der Waals surface area contributed by atoms with E-state index < -0.39 is 27.7 Å². The number of halogens is 4. The number of methoxy groups -OCH3 is 1. The SMILES string of the molecule is COc1ccc(-c2cn(-c3ccc(S(N)(=O)=O)cc3)nc2C(F)(F)F)cc1F. The molecule has 0 spiro atoms. The standard InChI is InChI=1S/C17H13F4N3O3S/c1-27-15-7-2-10(8-14(15)18)13-9-24(23-16(13)17(19,20)21)11-3-5-12(6-4-11)28(22,25)26/h2-9H,1H3,(H2,22,25,26). The van der Waals surface area contributed by atoms with Crippen LogP contribution in [-0.4, -0.2) is 25.3 Å². The fourth-order valence-corrected chi connectivity index (χ4v) is 3.06. The molecule has 3 aromatic rings. The lowest BCUT2D eigenvalue weighted by Gasteiger charge is -2.07. The van der Waals surface area contributed by atoms with Crippen LogP contribution in [-0.2, 0) is 16.2 Å². The van der Waals surface area contributed by atoms with Crippen LogP contribution in [0.1, 0.15) is 5.69 Å². The highest BCUT2D eigenvalue weighted by molar-refractivity contribution is 7.89. The molecule has 6 nitrogen and oxygen atoms in total. The van der Waals surface area contributed by atoms with Crippen LogP contribution >= 0.6 is 0 Å². The Hall–Kier alpha value is -2.92. The predicted octanol–water partition coefficient (Wildman–Crippen LogP) is 3.35. The Bertz CT molecular complexity index is 1120. The summed E-state index contributed by atoms with van der Waals surface area (Å²) in [5, 5.41) is 8.55. The third kappa shape index (κ3) is 3.85. The van der Waals surface area contributed by atoms with Gasteiger partial charge in [0.15, 0.2) is 17.3 Å². The highest BCUT2D eigenvalue weighted by Gasteiger charge is 2.38. The van der Waals surface area contributed by atoms with Crippen molar-refractivity contribution in [1.29, 1.82) is 0 Å². The molecule has 2 N–H and O–H groups in total. The zero-order chi connectivity index (χ0) is 20.7. The van der Waals surface area contributed by atoms with Crippen molar-refractivity contribution in [2.45, 2.75) is 11.1 Å². The van der Waals surface area contributed by atoms with Gasteiger partial charge in [0.05, 0.1) is 17.7 Å². The molecule has 28 heavy (non-hydrogen) atoms. The van der Waals surface area contributed by atoms with Crippen molar-refractivity contribution < 1.29 is 30.7 Å². The van der Waals surface area contributed by atoms with Crippen LogP contribution in [0.5, 0.6) is 5.75 Å². The number of aromatic nitrogens is 2. The fraction of sp³-hybridized carbons (Fsp3) is 0.118. The van der Waals surface area contributed by atoms with Crippen molar-refractivity contribution in [2.75, 3.05) is 7.11 Å². The average Bonchev–Trinajstić information content (AvgIpc) is 3.07. The van der Waals surface area contributed by atoms with Crippen molar-refractivity contribution in [2.24, 2.45) is 5.14 Å². The molecule has 0 aliphatic rings. The largest absolute Gasteiger partial charge is 0.494 e. The average molecular weight is 415 g/mol. The third-order valence-corrected chi connectivity index (χ3v) is 4.80. The molecular formula is C17H13F4N3O3S. The second-order valence-corrected chi connectivity index (χ2v) is 7.28. The van der Waals surface area contributed by atoms with Gasteiger partial charge in [-0.15, -0.1) is 0 Å². The maximum Gasteiger partial charge on any atom is 0.435 e. The van der Waals surface area contributed by atoms with E-state index in [9.17, 15) is 26.0 Å². The number of benzene rings is 2. The minimum absolute atomic E-state index is 0.0435. The van der Waals surface area contributed by atoms with Gasteiger partial charge in [-0.25, -0.2) is 22.6 Å². The Balaban J connectivity index is 2.12. The topological polar surface area (TPSA) is 87.2 Å². The molecule has 0 aliphatic heterocycles. The molecule has 0 saturated heterocycles. The zero-order valence-corrected chi connectivity index (χ0v) is 15.1. The van der Waals surface area contributed by atoms with E-state index in [1.807, 2.05) is 0 Å². The highest BCUT2D eigenvalue weighted by Crippen LogP contribution is 2.37. The Labute approximate surface area is 157 Å². The van der Waals surface area contributed by atoms with Crippen LogP contribution in [0.4, 0.5) is 17.6 Å². The summed E-state index contributed by atoms with van der Waals surface area (Å²) in [6.07, 6.45) is -3.71. The first-order chi connectivity index (χ1) is 13.0. The lowest BCUT2D eigenvalue weighted by Crippen LogP contribution is -2.12. The van der Waals surface area contributed by atoms with Crippen molar-refractivity contribution in [3.63, 3.8) is 0 Å². The zero-order valence-electron chi connectivity index (χ0n) is 14.2. The molecule has 11 heteroatoms. The molecule has 0 radical (unpaired) electrons. The van der Waals surface area contributed by atoms with E-state index in [4.69, 9.17) is 9.88 Å². The van der Waals surface area contributed by atoms with Crippen LogP contribution < -0.4 is 9.88 Å². The van der Waals surface area contributed by atoms with Crippen molar-refractivity contribution in [3.05, 3.63) is 60.2 Å². The summed E-state index contributed by atoms with van der Waals surface area (Å²) in [6.45, 7) is 0. The first-order valence-electron chi connectivity index (χ1n) is 7.64. The fourth-order valence-electron chi connectivity index (χ4n) is 2.55. The van der Waals surface area contributed by atoms with Crippen molar-refractivity contribution >= 4 is 10.0 Å². The van der Waals surface area contributed by atoms with Crippen LogP contribution in [0.15, 0.2) is 53.6 Å². The van der Waals surface area contributed by atoms with Crippen molar-refractivity contribution in [3.8, 4) is 22.6 Å². The quantitative estimate of drug-likeness (QED) is 0.662. The van der Waals surface area contributed by atoms with Gasteiger partial charge in [0.25, 0.3) is 0 Å². The molecule has 0 atom stereocenters. The number of nitrogens with zero attached hydrogens (tertiary/aromatic N) is 2. The summed E-state index contributed by atoms with van der Waals surface area (Å²) in [4.78, 5) is -0.197. The number of hydrogen-bond donors (Lipinski definition) is 1. The van der Waals surface area contributed by atoms with Gasteiger partial charge in [0, 0.05) is 11.8 Å². The molecule has 0 bridgehead atoms. The minimum atomic E-state index is -4.79. The molecule has 1 aromatic heterocycles. The Kier molecular flexibility index (Phi) is 4.90. The maximum atomic E-state index is 13.9. The Morgan fingerprint density at radius 1 is 1.11 bits per heavy atom. The third-order valence-electron chi connectivity index (χ3n) is 3.88. The first kappa shape index (κ1) is 19.8. The van der Waals surface area contributed by atoms with Gasteiger partial charge in [-0.1, -0.05) is 6.07 Å². The molecule has 0 saturated carbocycles. The van der Waals surface area contributed by atoms with E-state index in [-0.39, 0.29) is 27.5 Å². The lowest BCUT2D eigenvalue weighted by atomic mass is 10.1. The molecular weight excluding hydrogens is 402 g/mol. The molecule has 0 aliphatic carbocycles. The van der Waals surface area contributed by atoms with Gasteiger partial charge in [-0.05, 0) is 42.0 Å². The number of primary sulfonamides is 1. The summed E-state index contributed by atoms with van der Waals surface area (Å²) in [6, 6.07) is 8.21. The molecule has 3 rings (SSSR count). The van der Waals surface area contributed by atoms with Gasteiger partial charge in [0.2, 0.25) is 10.0 Å². The number of alkyl halides is 3. The molecule has 2 aromatic carbocycles. The normalized spacial score (nSPS) is 12.2. The van der Waals surface area contributed by atoms with Crippen LogP contribution in [0.25, 0.3) is 16.8 Å². The highest BCUT2D eigenvalue weighted by atomic mass is 32.2. The van der Waals surface area contributed by atoms with E-state index >= 15 is 0 Å². The Morgan fingerprint density at radius 3 is 2.25 bits per heavy atom. The number of hydrogen-bond acceptors (Lipinski definition) is 4.